The van der Waals surface area contributed by atoms with Crippen LogP contribution < -0.4 is 5.32 Å². The Balaban J connectivity index is 2.70. The molecule has 0 amide bonds. The van der Waals surface area contributed by atoms with E-state index in [0.717, 1.165) is 6.07 Å². The van der Waals surface area contributed by atoms with Crippen molar-refractivity contribution >= 4 is 0 Å². The highest BCUT2D eigenvalue weighted by Crippen LogP contribution is 2.24. The quantitative estimate of drug-likeness (QED) is 0.737. The van der Waals surface area contributed by atoms with Gasteiger partial charge in [0, 0.05) is 24.2 Å². The summed E-state index contributed by atoms with van der Waals surface area (Å²) in [7, 11) is 0. The van der Waals surface area contributed by atoms with Gasteiger partial charge in [-0.05, 0) is 26.8 Å². The van der Waals surface area contributed by atoms with Gasteiger partial charge in [-0.15, -0.1) is 0 Å². The van der Waals surface area contributed by atoms with Crippen molar-refractivity contribution in [1.29, 1.82) is 0 Å². The fraction of sp³-hybridized carbons (Fsp3) is 0.500. The van der Waals surface area contributed by atoms with Crippen LogP contribution in [0.5, 0.6) is 5.75 Å². The summed E-state index contributed by atoms with van der Waals surface area (Å²) in [5, 5.41) is 22.2. The molecule has 90 valence electrons. The maximum Gasteiger partial charge on any atom is 0.126 e. The molecule has 0 aromatic heterocycles. The third-order valence-electron chi connectivity index (χ3n) is 2.30. The zero-order valence-electron chi connectivity index (χ0n) is 9.79. The summed E-state index contributed by atoms with van der Waals surface area (Å²) in [5.74, 6) is -0.535. The number of phenolic OH excluding ortho intramolecular Hbond substituents is 1. The first-order valence-corrected chi connectivity index (χ1v) is 5.24. The van der Waals surface area contributed by atoms with Crippen molar-refractivity contribution < 1.29 is 14.6 Å². The molecule has 4 heteroatoms. The first-order valence-electron chi connectivity index (χ1n) is 5.24. The summed E-state index contributed by atoms with van der Waals surface area (Å²) in [6.07, 6.45) is 0. The largest absolute Gasteiger partial charge is 0.508 e. The van der Waals surface area contributed by atoms with Crippen LogP contribution in [0, 0.1) is 5.82 Å². The van der Waals surface area contributed by atoms with Crippen molar-refractivity contribution in [2.45, 2.75) is 32.4 Å². The summed E-state index contributed by atoms with van der Waals surface area (Å²) in [6, 6.07) is 3.77. The highest BCUT2D eigenvalue weighted by Gasteiger charge is 2.16. The van der Waals surface area contributed by atoms with Crippen molar-refractivity contribution in [3.8, 4) is 5.75 Å². The molecule has 1 atom stereocenters. The number of rotatable bonds is 4. The number of aromatic hydroxyl groups is 1. The van der Waals surface area contributed by atoms with Gasteiger partial charge in [-0.1, -0.05) is 6.07 Å². The minimum Gasteiger partial charge on any atom is -0.508 e. The molecule has 0 heterocycles. The van der Waals surface area contributed by atoms with Gasteiger partial charge in [-0.25, -0.2) is 4.39 Å². The monoisotopic (exact) mass is 227 g/mol. The number of hydrogen-bond donors (Lipinski definition) is 3. The third-order valence-corrected chi connectivity index (χ3v) is 2.30. The molecule has 16 heavy (non-hydrogen) atoms. The van der Waals surface area contributed by atoms with Crippen molar-refractivity contribution in [2.75, 3.05) is 6.54 Å². The number of aliphatic hydroxyl groups is 1. The zero-order chi connectivity index (χ0) is 12.3. The molecule has 0 radical (unpaired) electrons. The molecule has 0 saturated carbocycles. The van der Waals surface area contributed by atoms with Gasteiger partial charge in [0.15, 0.2) is 0 Å². The molecule has 1 aromatic carbocycles. The van der Waals surface area contributed by atoms with E-state index in [1.54, 1.807) is 13.8 Å². The smallest absolute Gasteiger partial charge is 0.126 e. The average molecular weight is 227 g/mol. The maximum absolute atomic E-state index is 12.8. The SMILES string of the molecule is CC(NCC(C)(C)O)c1ccc(F)cc1O. The van der Waals surface area contributed by atoms with Crippen molar-refractivity contribution in [2.24, 2.45) is 0 Å². The fourth-order valence-electron chi connectivity index (χ4n) is 1.40. The number of nitrogens with one attached hydrogen (secondary N) is 1. The minimum atomic E-state index is -0.816. The van der Waals surface area contributed by atoms with Gasteiger partial charge in [0.25, 0.3) is 0 Å². The van der Waals surface area contributed by atoms with E-state index in [0.29, 0.717) is 12.1 Å². The van der Waals surface area contributed by atoms with E-state index in [-0.39, 0.29) is 11.8 Å². The second-order valence-corrected chi connectivity index (χ2v) is 4.62. The Kier molecular flexibility index (Phi) is 3.88. The summed E-state index contributed by atoms with van der Waals surface area (Å²) in [6.45, 7) is 5.62. The van der Waals surface area contributed by atoms with Crippen LogP contribution in [0.4, 0.5) is 4.39 Å². The van der Waals surface area contributed by atoms with Crippen LogP contribution in [-0.4, -0.2) is 22.4 Å². The Hall–Kier alpha value is -1.13. The van der Waals surface area contributed by atoms with E-state index in [1.165, 1.54) is 12.1 Å². The molecule has 0 spiro atoms. The molecule has 3 N–H and O–H groups in total. The van der Waals surface area contributed by atoms with Gasteiger partial charge < -0.3 is 15.5 Å². The van der Waals surface area contributed by atoms with Crippen LogP contribution in [0.25, 0.3) is 0 Å². The third kappa shape index (κ3) is 3.79. The lowest BCUT2D eigenvalue weighted by Gasteiger charge is -2.22. The lowest BCUT2D eigenvalue weighted by Crippen LogP contribution is -2.36. The number of hydrogen-bond acceptors (Lipinski definition) is 3. The van der Waals surface area contributed by atoms with Crippen LogP contribution in [0.3, 0.4) is 0 Å². The van der Waals surface area contributed by atoms with E-state index >= 15 is 0 Å². The minimum absolute atomic E-state index is 0.0734. The summed E-state index contributed by atoms with van der Waals surface area (Å²) >= 11 is 0. The summed E-state index contributed by atoms with van der Waals surface area (Å²) in [4.78, 5) is 0. The van der Waals surface area contributed by atoms with Gasteiger partial charge in [0.05, 0.1) is 5.60 Å². The first kappa shape index (κ1) is 12.9. The second kappa shape index (κ2) is 4.80. The average Bonchev–Trinajstić information content (AvgIpc) is 2.13. The van der Waals surface area contributed by atoms with E-state index in [2.05, 4.69) is 5.32 Å². The Morgan fingerprint density at radius 2 is 2.06 bits per heavy atom. The molecule has 1 unspecified atom stereocenters. The second-order valence-electron chi connectivity index (χ2n) is 4.62. The molecule has 0 aliphatic heterocycles. The predicted octanol–water partition coefficient (Wildman–Crippen LogP) is 1.95. The van der Waals surface area contributed by atoms with Crippen LogP contribution in [0.2, 0.25) is 0 Å². The normalized spacial score (nSPS) is 13.8. The summed E-state index contributed by atoms with van der Waals surface area (Å²) < 4.78 is 12.8. The van der Waals surface area contributed by atoms with Gasteiger partial charge in [0.2, 0.25) is 0 Å². The molecule has 1 aromatic rings. The van der Waals surface area contributed by atoms with Gasteiger partial charge in [-0.3, -0.25) is 0 Å². The molecule has 0 saturated heterocycles. The molecule has 3 nitrogen and oxygen atoms in total. The highest BCUT2D eigenvalue weighted by molar-refractivity contribution is 5.34. The highest BCUT2D eigenvalue weighted by atomic mass is 19.1. The number of halogens is 1. The Labute approximate surface area is 94.9 Å². The van der Waals surface area contributed by atoms with Crippen LogP contribution in [0.15, 0.2) is 18.2 Å². The van der Waals surface area contributed by atoms with Crippen molar-refractivity contribution in [3.63, 3.8) is 0 Å². The Bertz CT molecular complexity index is 361. The Morgan fingerprint density at radius 1 is 1.44 bits per heavy atom. The number of benzene rings is 1. The predicted molar refractivity (Wildman–Crippen MR) is 60.8 cm³/mol. The maximum atomic E-state index is 12.8. The summed E-state index contributed by atoms with van der Waals surface area (Å²) in [5.41, 5.74) is -0.199. The zero-order valence-corrected chi connectivity index (χ0v) is 9.79. The molecule has 1 rings (SSSR count). The topological polar surface area (TPSA) is 52.5 Å². The van der Waals surface area contributed by atoms with E-state index in [1.807, 2.05) is 6.92 Å². The van der Waals surface area contributed by atoms with Crippen molar-refractivity contribution in [1.82, 2.24) is 5.32 Å². The van der Waals surface area contributed by atoms with Gasteiger partial charge in [-0.2, -0.15) is 0 Å². The Morgan fingerprint density at radius 3 is 2.56 bits per heavy atom. The van der Waals surface area contributed by atoms with Crippen LogP contribution in [-0.2, 0) is 0 Å². The lowest BCUT2D eigenvalue weighted by molar-refractivity contribution is 0.0769. The fourth-order valence-corrected chi connectivity index (χ4v) is 1.40. The van der Waals surface area contributed by atoms with Crippen molar-refractivity contribution in [3.05, 3.63) is 29.6 Å². The van der Waals surface area contributed by atoms with E-state index < -0.39 is 11.4 Å². The molecule has 0 bridgehead atoms. The molecular formula is C12H18FNO2. The molecule has 0 fully saturated rings. The standard InChI is InChI=1S/C12H18FNO2/c1-8(14-7-12(2,3)16)10-5-4-9(13)6-11(10)15/h4-6,8,14-16H,7H2,1-3H3. The molecular weight excluding hydrogens is 209 g/mol. The molecule has 0 aliphatic rings. The van der Waals surface area contributed by atoms with Crippen LogP contribution in [0.1, 0.15) is 32.4 Å². The van der Waals surface area contributed by atoms with E-state index in [4.69, 9.17) is 0 Å². The van der Waals surface area contributed by atoms with Gasteiger partial charge >= 0.3 is 0 Å². The van der Waals surface area contributed by atoms with Crippen LogP contribution >= 0.6 is 0 Å². The molecule has 0 aliphatic carbocycles. The number of phenols is 1. The van der Waals surface area contributed by atoms with E-state index in [9.17, 15) is 14.6 Å². The van der Waals surface area contributed by atoms with Gasteiger partial charge in [0.1, 0.15) is 11.6 Å². The first-order chi connectivity index (χ1) is 7.29. The lowest BCUT2D eigenvalue weighted by atomic mass is 10.1.